The minimum absolute atomic E-state index is 0.0323. The third-order valence-electron chi connectivity index (χ3n) is 4.23. The van der Waals surface area contributed by atoms with Gasteiger partial charge in [-0.3, -0.25) is 4.79 Å². The van der Waals surface area contributed by atoms with Crippen LogP contribution in [0.5, 0.6) is 5.75 Å². The smallest absolute Gasteiger partial charge is 0.266 e. The second kappa shape index (κ2) is 10.1. The lowest BCUT2D eigenvalue weighted by atomic mass is 10.1. The molecule has 3 aromatic carbocycles. The summed E-state index contributed by atoms with van der Waals surface area (Å²) in [7, 11) is 0. The van der Waals surface area contributed by atoms with Gasteiger partial charge in [0.2, 0.25) is 0 Å². The molecule has 0 bridgehead atoms. The van der Waals surface area contributed by atoms with Gasteiger partial charge in [-0.2, -0.15) is 5.26 Å². The molecule has 0 saturated heterocycles. The number of anilines is 1. The number of halogens is 2. The first-order valence-corrected chi connectivity index (χ1v) is 10.3. The molecule has 1 amide bonds. The number of nitrogens with one attached hydrogen (secondary N) is 1. The lowest BCUT2D eigenvalue weighted by molar-refractivity contribution is -0.112. The quantitative estimate of drug-likeness (QED) is 0.321. The third kappa shape index (κ3) is 5.73. The Kier molecular flexibility index (Phi) is 7.29. The van der Waals surface area contributed by atoms with E-state index >= 15 is 0 Å². The molecule has 3 aromatic rings. The number of carbonyl (C=O) groups excluding carboxylic acids is 1. The minimum atomic E-state index is -0.490. The Bertz CT molecular complexity index is 1100. The molecule has 1 N–H and O–H groups in total. The van der Waals surface area contributed by atoms with Crippen LogP contribution in [0.3, 0.4) is 0 Å². The van der Waals surface area contributed by atoms with Gasteiger partial charge in [0.25, 0.3) is 5.91 Å². The molecule has 0 unspecified atom stereocenters. The highest BCUT2D eigenvalue weighted by Gasteiger charge is 2.13. The molecular weight excluding hydrogens is 464 g/mol. The first kappa shape index (κ1) is 21.6. The Morgan fingerprint density at radius 2 is 1.87 bits per heavy atom. The van der Waals surface area contributed by atoms with Crippen molar-refractivity contribution in [2.24, 2.45) is 0 Å². The van der Waals surface area contributed by atoms with Crippen LogP contribution in [-0.2, 0) is 11.4 Å². The summed E-state index contributed by atoms with van der Waals surface area (Å²) in [6, 6.07) is 22.3. The van der Waals surface area contributed by atoms with E-state index in [4.69, 9.17) is 16.3 Å². The molecule has 0 aliphatic heterocycles. The van der Waals surface area contributed by atoms with E-state index in [1.807, 2.05) is 43.3 Å². The van der Waals surface area contributed by atoms with Crippen molar-refractivity contribution in [3.63, 3.8) is 0 Å². The highest BCUT2D eigenvalue weighted by atomic mass is 79.9. The van der Waals surface area contributed by atoms with Gasteiger partial charge in [-0.15, -0.1) is 0 Å². The van der Waals surface area contributed by atoms with E-state index in [9.17, 15) is 10.1 Å². The van der Waals surface area contributed by atoms with Crippen molar-refractivity contribution in [3.8, 4) is 11.8 Å². The number of nitriles is 1. The fourth-order valence-electron chi connectivity index (χ4n) is 2.68. The van der Waals surface area contributed by atoms with Gasteiger partial charge in [-0.05, 0) is 64.3 Å². The number of nitrogens with zero attached hydrogens (tertiary/aromatic N) is 1. The average Bonchev–Trinajstić information content (AvgIpc) is 2.73. The van der Waals surface area contributed by atoms with Crippen molar-refractivity contribution < 1.29 is 9.53 Å². The molecule has 0 aliphatic carbocycles. The van der Waals surface area contributed by atoms with Crippen LogP contribution in [0.4, 0.5) is 5.69 Å². The second-order valence-corrected chi connectivity index (χ2v) is 7.84. The number of amides is 1. The van der Waals surface area contributed by atoms with Crippen LogP contribution in [0.15, 0.2) is 76.8 Å². The van der Waals surface area contributed by atoms with E-state index in [2.05, 4.69) is 21.2 Å². The summed E-state index contributed by atoms with van der Waals surface area (Å²) in [4.78, 5) is 12.4. The van der Waals surface area contributed by atoms with Gasteiger partial charge in [-0.1, -0.05) is 59.6 Å². The molecule has 0 spiro atoms. The highest BCUT2D eigenvalue weighted by Crippen LogP contribution is 2.35. The summed E-state index contributed by atoms with van der Waals surface area (Å²) in [6.07, 6.45) is 1.48. The van der Waals surface area contributed by atoms with Gasteiger partial charge in [0, 0.05) is 5.69 Å². The molecule has 0 atom stereocenters. The Balaban J connectivity index is 1.76. The molecule has 0 aliphatic rings. The minimum Gasteiger partial charge on any atom is -0.486 e. The highest BCUT2D eigenvalue weighted by molar-refractivity contribution is 9.10. The van der Waals surface area contributed by atoms with E-state index in [-0.39, 0.29) is 5.57 Å². The van der Waals surface area contributed by atoms with Crippen molar-refractivity contribution in [2.45, 2.75) is 13.5 Å². The average molecular weight is 482 g/mol. The van der Waals surface area contributed by atoms with Crippen LogP contribution in [0.25, 0.3) is 6.08 Å². The van der Waals surface area contributed by atoms with Crippen LogP contribution in [0.1, 0.15) is 16.7 Å². The Morgan fingerprint density at radius 3 is 2.50 bits per heavy atom. The monoisotopic (exact) mass is 480 g/mol. The maximum Gasteiger partial charge on any atom is 0.266 e. The number of benzene rings is 3. The van der Waals surface area contributed by atoms with Crippen molar-refractivity contribution in [1.29, 1.82) is 5.26 Å². The largest absolute Gasteiger partial charge is 0.486 e. The first-order valence-electron chi connectivity index (χ1n) is 9.12. The number of carbonyl (C=O) groups is 1. The topological polar surface area (TPSA) is 62.1 Å². The zero-order valence-electron chi connectivity index (χ0n) is 16.2. The molecule has 3 rings (SSSR count). The van der Waals surface area contributed by atoms with E-state index in [0.717, 1.165) is 5.56 Å². The Hall–Kier alpha value is -3.07. The van der Waals surface area contributed by atoms with E-state index in [0.29, 0.717) is 33.1 Å². The fourth-order valence-corrected chi connectivity index (χ4v) is 3.66. The van der Waals surface area contributed by atoms with Crippen molar-refractivity contribution in [3.05, 3.63) is 98.5 Å². The van der Waals surface area contributed by atoms with Crippen LogP contribution < -0.4 is 10.1 Å². The number of hydrogen-bond donors (Lipinski definition) is 1. The molecule has 4 nitrogen and oxygen atoms in total. The first-order chi connectivity index (χ1) is 14.5. The number of aryl methyl sites for hydroxylation is 1. The zero-order valence-corrected chi connectivity index (χ0v) is 18.5. The number of para-hydroxylation sites is 1. The van der Waals surface area contributed by atoms with Crippen LogP contribution >= 0.6 is 27.5 Å². The molecule has 6 heteroatoms. The Morgan fingerprint density at radius 1 is 1.17 bits per heavy atom. The summed E-state index contributed by atoms with van der Waals surface area (Å²) in [5, 5.41) is 12.5. The lowest BCUT2D eigenvalue weighted by Gasteiger charge is -2.12. The van der Waals surface area contributed by atoms with Gasteiger partial charge < -0.3 is 10.1 Å². The van der Waals surface area contributed by atoms with Gasteiger partial charge in [0.05, 0.1) is 9.50 Å². The van der Waals surface area contributed by atoms with Crippen LogP contribution in [0, 0.1) is 18.3 Å². The summed E-state index contributed by atoms with van der Waals surface area (Å²) in [6.45, 7) is 2.40. The summed E-state index contributed by atoms with van der Waals surface area (Å²) in [5.41, 5.74) is 3.39. The predicted octanol–water partition coefficient (Wildman–Crippen LogP) is 6.54. The predicted molar refractivity (Wildman–Crippen MR) is 123 cm³/mol. The van der Waals surface area contributed by atoms with Gasteiger partial charge in [0.1, 0.15) is 18.2 Å². The van der Waals surface area contributed by atoms with E-state index < -0.39 is 5.91 Å². The fraction of sp³-hybridized carbons (Fsp3) is 0.0833. The maximum atomic E-state index is 12.4. The maximum absolute atomic E-state index is 12.4. The van der Waals surface area contributed by atoms with E-state index in [1.165, 1.54) is 11.6 Å². The summed E-state index contributed by atoms with van der Waals surface area (Å²) >= 11 is 9.86. The normalized spacial score (nSPS) is 10.9. The van der Waals surface area contributed by atoms with Crippen molar-refractivity contribution in [1.82, 2.24) is 0 Å². The van der Waals surface area contributed by atoms with Gasteiger partial charge in [0.15, 0.2) is 5.75 Å². The summed E-state index contributed by atoms with van der Waals surface area (Å²) < 4.78 is 6.50. The number of hydrogen-bond acceptors (Lipinski definition) is 3. The van der Waals surface area contributed by atoms with Gasteiger partial charge in [-0.25, -0.2) is 0 Å². The molecule has 0 heterocycles. The SMILES string of the molecule is Cc1ccc(COc2c(Cl)cc(/C=C(/C#N)C(=O)Nc3ccccc3)cc2Br)cc1. The number of rotatable bonds is 6. The van der Waals surface area contributed by atoms with Gasteiger partial charge >= 0.3 is 0 Å². The van der Waals surface area contributed by atoms with E-state index in [1.54, 1.807) is 36.4 Å². The van der Waals surface area contributed by atoms with Crippen LogP contribution in [-0.4, -0.2) is 5.91 Å². The summed E-state index contributed by atoms with van der Waals surface area (Å²) in [5.74, 6) is 0.0114. The molecule has 0 saturated carbocycles. The molecule has 0 fully saturated rings. The third-order valence-corrected chi connectivity index (χ3v) is 5.10. The molecule has 150 valence electrons. The molecule has 0 radical (unpaired) electrons. The zero-order chi connectivity index (χ0) is 21.5. The molecule has 30 heavy (non-hydrogen) atoms. The van der Waals surface area contributed by atoms with Crippen molar-refractivity contribution >= 4 is 45.2 Å². The standard InChI is InChI=1S/C24H18BrClN2O2/c1-16-7-9-17(10-8-16)15-30-23-21(25)12-18(13-22(23)26)11-19(14-27)24(29)28-20-5-3-2-4-6-20/h2-13H,15H2,1H3,(H,28,29)/b19-11-. The second-order valence-electron chi connectivity index (χ2n) is 6.58. The van der Waals surface area contributed by atoms with Crippen molar-refractivity contribution in [2.75, 3.05) is 5.32 Å². The molecule has 0 aromatic heterocycles. The molecular formula is C24H18BrClN2O2. The Labute approximate surface area is 188 Å². The number of ether oxygens (including phenoxy) is 1. The lowest BCUT2D eigenvalue weighted by Crippen LogP contribution is -2.13. The van der Waals surface area contributed by atoms with Crippen LogP contribution in [0.2, 0.25) is 5.02 Å².